The molecule has 1 aromatic heterocycles. The lowest BCUT2D eigenvalue weighted by Crippen LogP contribution is -2.14. The first kappa shape index (κ1) is 7.65. The fraction of sp³-hybridized carbons (Fsp3) is 0.286. The van der Waals surface area contributed by atoms with E-state index in [0.717, 1.165) is 12.1 Å². The van der Waals surface area contributed by atoms with Crippen LogP contribution in [0.1, 0.15) is 5.69 Å². The van der Waals surface area contributed by atoms with E-state index in [0.29, 0.717) is 13.0 Å². The molecule has 0 bridgehead atoms. The predicted octanol–water partition coefficient (Wildman–Crippen LogP) is -0.235. The highest BCUT2D eigenvalue weighted by atomic mass is 16.1. The molecule has 0 saturated heterocycles. The molecule has 0 spiro atoms. The zero-order valence-electron chi connectivity index (χ0n) is 6.03. The molecule has 4 nitrogen and oxygen atoms in total. The first-order valence-electron chi connectivity index (χ1n) is 3.35. The Morgan fingerprint density at radius 1 is 1.55 bits per heavy atom. The molecular formula is C7H9N3O. The van der Waals surface area contributed by atoms with Gasteiger partial charge < -0.3 is 5.32 Å². The van der Waals surface area contributed by atoms with Crippen molar-refractivity contribution in [3.05, 3.63) is 24.3 Å². The largest absolute Gasteiger partial charge is 0.358 e. The second-order valence-corrected chi connectivity index (χ2v) is 2.02. The first-order valence-corrected chi connectivity index (χ1v) is 3.35. The first-order chi connectivity index (χ1) is 5.43. The van der Waals surface area contributed by atoms with Gasteiger partial charge in [0.1, 0.15) is 0 Å². The van der Waals surface area contributed by atoms with Crippen molar-refractivity contribution in [2.75, 3.05) is 6.54 Å². The lowest BCUT2D eigenvalue weighted by atomic mass is 10.3. The summed E-state index contributed by atoms with van der Waals surface area (Å²) in [6.45, 7) is 0.613. The molecule has 1 heterocycles. The minimum Gasteiger partial charge on any atom is -0.358 e. The van der Waals surface area contributed by atoms with Gasteiger partial charge in [0.05, 0.1) is 5.69 Å². The van der Waals surface area contributed by atoms with Gasteiger partial charge in [-0.25, -0.2) is 0 Å². The van der Waals surface area contributed by atoms with Crippen molar-refractivity contribution in [1.29, 1.82) is 0 Å². The van der Waals surface area contributed by atoms with Crippen LogP contribution in [-0.4, -0.2) is 22.9 Å². The average Bonchev–Trinajstić information content (AvgIpc) is 2.07. The third-order valence-corrected chi connectivity index (χ3v) is 1.23. The molecule has 58 valence electrons. The van der Waals surface area contributed by atoms with E-state index in [9.17, 15) is 4.79 Å². The quantitative estimate of drug-likeness (QED) is 0.477. The molecule has 0 aliphatic carbocycles. The summed E-state index contributed by atoms with van der Waals surface area (Å²) >= 11 is 0. The van der Waals surface area contributed by atoms with Gasteiger partial charge >= 0.3 is 0 Å². The molecule has 1 amide bonds. The molecule has 0 fully saturated rings. The van der Waals surface area contributed by atoms with Crippen LogP contribution in [0.15, 0.2) is 18.6 Å². The normalized spacial score (nSPS) is 9.09. The average molecular weight is 151 g/mol. The highest BCUT2D eigenvalue weighted by Crippen LogP contribution is 1.88. The molecule has 11 heavy (non-hydrogen) atoms. The number of carbonyl (C=O) groups excluding carboxylic acids is 1. The lowest BCUT2D eigenvalue weighted by Gasteiger charge is -1.96. The molecule has 1 rings (SSSR count). The van der Waals surface area contributed by atoms with Crippen molar-refractivity contribution < 1.29 is 4.79 Å². The Morgan fingerprint density at radius 2 is 2.45 bits per heavy atom. The van der Waals surface area contributed by atoms with Gasteiger partial charge in [0.25, 0.3) is 0 Å². The van der Waals surface area contributed by atoms with E-state index in [1.807, 2.05) is 0 Å². The van der Waals surface area contributed by atoms with Crippen LogP contribution in [0.5, 0.6) is 0 Å². The summed E-state index contributed by atoms with van der Waals surface area (Å²) in [5.41, 5.74) is 0.891. The van der Waals surface area contributed by atoms with E-state index in [-0.39, 0.29) is 0 Å². The molecule has 0 radical (unpaired) electrons. The van der Waals surface area contributed by atoms with Gasteiger partial charge in [0.15, 0.2) is 0 Å². The lowest BCUT2D eigenvalue weighted by molar-refractivity contribution is -0.109. The van der Waals surface area contributed by atoms with Crippen molar-refractivity contribution in [2.24, 2.45) is 0 Å². The third-order valence-electron chi connectivity index (χ3n) is 1.23. The van der Waals surface area contributed by atoms with Gasteiger partial charge in [0, 0.05) is 31.6 Å². The molecule has 1 N–H and O–H groups in total. The predicted molar refractivity (Wildman–Crippen MR) is 39.8 cm³/mol. The molecule has 0 aliphatic rings. The van der Waals surface area contributed by atoms with E-state index in [2.05, 4.69) is 15.3 Å². The van der Waals surface area contributed by atoms with Crippen LogP contribution in [0.25, 0.3) is 0 Å². The van der Waals surface area contributed by atoms with Crippen molar-refractivity contribution >= 4 is 6.41 Å². The maximum Gasteiger partial charge on any atom is 0.207 e. The van der Waals surface area contributed by atoms with Crippen LogP contribution in [-0.2, 0) is 11.2 Å². The standard InChI is InChI=1S/C7H9N3O/c11-6-9-2-1-7-5-8-3-4-10-7/h3-6H,1-2H2,(H,9,11). The fourth-order valence-corrected chi connectivity index (χ4v) is 0.718. The molecule has 0 aliphatic heterocycles. The topological polar surface area (TPSA) is 54.9 Å². The van der Waals surface area contributed by atoms with Crippen LogP contribution in [0.4, 0.5) is 0 Å². The number of aromatic nitrogens is 2. The Bertz CT molecular complexity index is 212. The van der Waals surface area contributed by atoms with E-state index in [1.54, 1.807) is 18.6 Å². The summed E-state index contributed by atoms with van der Waals surface area (Å²) in [6, 6.07) is 0. The summed E-state index contributed by atoms with van der Waals surface area (Å²) < 4.78 is 0. The van der Waals surface area contributed by atoms with Crippen molar-refractivity contribution in [2.45, 2.75) is 6.42 Å². The fourth-order valence-electron chi connectivity index (χ4n) is 0.718. The van der Waals surface area contributed by atoms with Gasteiger partial charge in [-0.3, -0.25) is 14.8 Å². The zero-order valence-corrected chi connectivity index (χ0v) is 6.03. The summed E-state index contributed by atoms with van der Waals surface area (Å²) in [7, 11) is 0. The molecule has 1 aromatic rings. The van der Waals surface area contributed by atoms with E-state index >= 15 is 0 Å². The van der Waals surface area contributed by atoms with Crippen LogP contribution < -0.4 is 5.32 Å². The van der Waals surface area contributed by atoms with Gasteiger partial charge in [-0.15, -0.1) is 0 Å². The number of nitrogens with zero attached hydrogens (tertiary/aromatic N) is 2. The second-order valence-electron chi connectivity index (χ2n) is 2.02. The van der Waals surface area contributed by atoms with E-state index in [1.165, 1.54) is 0 Å². The molecule has 0 saturated carbocycles. The van der Waals surface area contributed by atoms with Gasteiger partial charge in [-0.05, 0) is 0 Å². The van der Waals surface area contributed by atoms with Crippen molar-refractivity contribution in [1.82, 2.24) is 15.3 Å². The summed E-state index contributed by atoms with van der Waals surface area (Å²) in [4.78, 5) is 17.8. The molecule has 4 heteroatoms. The second kappa shape index (κ2) is 4.38. The highest BCUT2D eigenvalue weighted by molar-refractivity contribution is 5.45. The Kier molecular flexibility index (Phi) is 3.05. The van der Waals surface area contributed by atoms with Crippen LogP contribution in [0.2, 0.25) is 0 Å². The van der Waals surface area contributed by atoms with E-state index in [4.69, 9.17) is 0 Å². The Balaban J connectivity index is 2.33. The molecular weight excluding hydrogens is 142 g/mol. The smallest absolute Gasteiger partial charge is 0.207 e. The minimum atomic E-state index is 0.613. The van der Waals surface area contributed by atoms with Crippen LogP contribution >= 0.6 is 0 Å². The van der Waals surface area contributed by atoms with E-state index < -0.39 is 0 Å². The Morgan fingerprint density at radius 3 is 3.09 bits per heavy atom. The third kappa shape index (κ3) is 2.75. The Hall–Kier alpha value is -1.45. The van der Waals surface area contributed by atoms with Crippen molar-refractivity contribution in [3.63, 3.8) is 0 Å². The summed E-state index contributed by atoms with van der Waals surface area (Å²) in [5, 5.41) is 2.55. The molecule has 0 atom stereocenters. The Labute approximate surface area is 64.7 Å². The zero-order chi connectivity index (χ0) is 7.94. The number of amides is 1. The number of hydrogen-bond acceptors (Lipinski definition) is 3. The number of carbonyl (C=O) groups is 1. The number of rotatable bonds is 4. The summed E-state index contributed by atoms with van der Waals surface area (Å²) in [5.74, 6) is 0. The van der Waals surface area contributed by atoms with Gasteiger partial charge in [-0.2, -0.15) is 0 Å². The molecule has 0 unspecified atom stereocenters. The van der Waals surface area contributed by atoms with Crippen LogP contribution in [0.3, 0.4) is 0 Å². The maximum absolute atomic E-state index is 9.85. The van der Waals surface area contributed by atoms with Gasteiger partial charge in [0.2, 0.25) is 6.41 Å². The summed E-state index contributed by atoms with van der Waals surface area (Å²) in [6.07, 6.45) is 6.35. The maximum atomic E-state index is 9.85. The minimum absolute atomic E-state index is 0.613. The van der Waals surface area contributed by atoms with Crippen LogP contribution in [0, 0.1) is 0 Å². The van der Waals surface area contributed by atoms with Crippen molar-refractivity contribution in [3.8, 4) is 0 Å². The SMILES string of the molecule is O=CNCCc1cnccn1. The number of nitrogens with one attached hydrogen (secondary N) is 1. The van der Waals surface area contributed by atoms with Gasteiger partial charge in [-0.1, -0.05) is 0 Å². The molecule has 0 aromatic carbocycles. The highest BCUT2D eigenvalue weighted by Gasteiger charge is 1.90. The monoisotopic (exact) mass is 151 g/mol. The number of hydrogen-bond donors (Lipinski definition) is 1.